The van der Waals surface area contributed by atoms with Crippen LogP contribution in [0.5, 0.6) is 0 Å². The molecule has 4 rings (SSSR count). The van der Waals surface area contributed by atoms with E-state index in [0.717, 1.165) is 60.7 Å². The molecule has 2 aromatic carbocycles. The summed E-state index contributed by atoms with van der Waals surface area (Å²) in [6, 6.07) is 16.7. The number of anilines is 2. The molecular formula is C28H29F3N4O. The minimum absolute atomic E-state index is 0.0913. The Kier molecular flexibility index (Phi) is 8.05. The largest absolute Gasteiger partial charge is 0.416 e. The molecule has 3 aromatic rings. The molecule has 1 aliphatic rings. The summed E-state index contributed by atoms with van der Waals surface area (Å²) >= 11 is 0. The SMILES string of the molecule is Cc1cc(Nc2ccc(CN(C(=O)C=Cc3ccc(C(F)(F)F)cc3)C3CCNCC3)cc2)ccn1. The highest BCUT2D eigenvalue weighted by Crippen LogP contribution is 2.29. The maximum absolute atomic E-state index is 13.2. The fraction of sp³-hybridized carbons (Fsp3) is 0.286. The van der Waals surface area contributed by atoms with E-state index >= 15 is 0 Å². The zero-order valence-electron chi connectivity index (χ0n) is 20.1. The van der Waals surface area contributed by atoms with Gasteiger partial charge >= 0.3 is 6.18 Å². The molecule has 0 radical (unpaired) electrons. The van der Waals surface area contributed by atoms with Crippen LogP contribution in [0.2, 0.25) is 0 Å². The average Bonchev–Trinajstić information content (AvgIpc) is 2.87. The van der Waals surface area contributed by atoms with Crippen LogP contribution in [-0.4, -0.2) is 34.9 Å². The topological polar surface area (TPSA) is 57.3 Å². The van der Waals surface area contributed by atoms with Crippen LogP contribution >= 0.6 is 0 Å². The van der Waals surface area contributed by atoms with Crippen molar-refractivity contribution in [1.29, 1.82) is 0 Å². The lowest BCUT2D eigenvalue weighted by Crippen LogP contribution is -2.45. The summed E-state index contributed by atoms with van der Waals surface area (Å²) in [6.45, 7) is 4.07. The van der Waals surface area contributed by atoms with E-state index in [2.05, 4.69) is 15.6 Å². The number of rotatable bonds is 7. The van der Waals surface area contributed by atoms with Gasteiger partial charge in [-0.1, -0.05) is 24.3 Å². The summed E-state index contributed by atoms with van der Waals surface area (Å²) in [5, 5.41) is 6.67. The lowest BCUT2D eigenvalue weighted by molar-refractivity contribution is -0.137. The molecule has 0 spiro atoms. The van der Waals surface area contributed by atoms with Crippen LogP contribution in [0, 0.1) is 6.92 Å². The van der Waals surface area contributed by atoms with E-state index in [9.17, 15) is 18.0 Å². The number of carbonyl (C=O) groups excluding carboxylic acids is 1. The normalized spacial score (nSPS) is 14.7. The predicted molar refractivity (Wildman–Crippen MR) is 136 cm³/mol. The highest BCUT2D eigenvalue weighted by molar-refractivity contribution is 5.92. The van der Waals surface area contributed by atoms with E-state index in [1.54, 1.807) is 12.3 Å². The Hall–Kier alpha value is -3.65. The summed E-state index contributed by atoms with van der Waals surface area (Å²) in [6.07, 6.45) is 2.09. The van der Waals surface area contributed by atoms with Gasteiger partial charge in [-0.2, -0.15) is 13.2 Å². The zero-order valence-corrected chi connectivity index (χ0v) is 20.1. The lowest BCUT2D eigenvalue weighted by atomic mass is 10.0. The number of piperidine rings is 1. The number of carbonyl (C=O) groups is 1. The molecule has 0 bridgehead atoms. The molecule has 1 aromatic heterocycles. The fourth-order valence-electron chi connectivity index (χ4n) is 4.23. The Bertz CT molecular complexity index is 1180. The van der Waals surface area contributed by atoms with Gasteiger partial charge in [-0.05, 0) is 86.5 Å². The van der Waals surface area contributed by atoms with Crippen molar-refractivity contribution in [2.45, 2.75) is 38.5 Å². The average molecular weight is 495 g/mol. The van der Waals surface area contributed by atoms with Gasteiger partial charge in [-0.25, -0.2) is 0 Å². The number of nitrogens with one attached hydrogen (secondary N) is 2. The second-order valence-corrected chi connectivity index (χ2v) is 8.91. The van der Waals surface area contributed by atoms with Gasteiger partial charge in [-0.3, -0.25) is 9.78 Å². The van der Waals surface area contributed by atoms with Crippen molar-refractivity contribution >= 4 is 23.4 Å². The number of hydrogen-bond donors (Lipinski definition) is 2. The van der Waals surface area contributed by atoms with E-state index in [-0.39, 0.29) is 11.9 Å². The third-order valence-electron chi connectivity index (χ3n) is 6.18. The van der Waals surface area contributed by atoms with Crippen molar-refractivity contribution in [3.8, 4) is 0 Å². The monoisotopic (exact) mass is 494 g/mol. The van der Waals surface area contributed by atoms with Crippen LogP contribution in [0.1, 0.15) is 35.2 Å². The molecule has 0 saturated carbocycles. The lowest BCUT2D eigenvalue weighted by Gasteiger charge is -2.34. The number of pyridine rings is 1. The van der Waals surface area contributed by atoms with Gasteiger partial charge in [0.2, 0.25) is 5.91 Å². The summed E-state index contributed by atoms with van der Waals surface area (Å²) in [5.41, 5.74) is 3.66. The van der Waals surface area contributed by atoms with Crippen molar-refractivity contribution in [3.05, 3.63) is 95.3 Å². The van der Waals surface area contributed by atoms with E-state index in [1.165, 1.54) is 18.2 Å². The molecule has 1 aliphatic heterocycles. The molecule has 1 amide bonds. The van der Waals surface area contributed by atoms with Crippen LogP contribution in [0.25, 0.3) is 6.08 Å². The molecular weight excluding hydrogens is 465 g/mol. The number of halogens is 3. The predicted octanol–water partition coefficient (Wildman–Crippen LogP) is 5.95. The zero-order chi connectivity index (χ0) is 25.5. The number of hydrogen-bond acceptors (Lipinski definition) is 4. The molecule has 0 aliphatic carbocycles. The van der Waals surface area contributed by atoms with E-state index < -0.39 is 11.7 Å². The van der Waals surface area contributed by atoms with Gasteiger partial charge in [0, 0.05) is 41.9 Å². The minimum atomic E-state index is -4.38. The van der Waals surface area contributed by atoms with Gasteiger partial charge in [0.25, 0.3) is 0 Å². The molecule has 1 fully saturated rings. The first kappa shape index (κ1) is 25.4. The minimum Gasteiger partial charge on any atom is -0.355 e. The van der Waals surface area contributed by atoms with Gasteiger partial charge in [-0.15, -0.1) is 0 Å². The number of amides is 1. The van der Waals surface area contributed by atoms with Crippen LogP contribution < -0.4 is 10.6 Å². The van der Waals surface area contributed by atoms with Crippen molar-refractivity contribution in [3.63, 3.8) is 0 Å². The van der Waals surface area contributed by atoms with E-state index in [4.69, 9.17) is 0 Å². The molecule has 0 unspecified atom stereocenters. The number of aromatic nitrogens is 1. The number of nitrogens with zero attached hydrogens (tertiary/aromatic N) is 2. The first-order valence-corrected chi connectivity index (χ1v) is 11.9. The Morgan fingerprint density at radius 1 is 1.06 bits per heavy atom. The molecule has 2 N–H and O–H groups in total. The molecule has 0 atom stereocenters. The van der Waals surface area contributed by atoms with Gasteiger partial charge in [0.05, 0.1) is 5.56 Å². The second kappa shape index (κ2) is 11.4. The third kappa shape index (κ3) is 6.95. The van der Waals surface area contributed by atoms with Crippen molar-refractivity contribution in [2.24, 2.45) is 0 Å². The molecule has 2 heterocycles. The Morgan fingerprint density at radius 3 is 2.39 bits per heavy atom. The summed E-state index contributed by atoms with van der Waals surface area (Å²) in [4.78, 5) is 19.3. The van der Waals surface area contributed by atoms with E-state index in [0.29, 0.717) is 12.1 Å². The highest BCUT2D eigenvalue weighted by Gasteiger charge is 2.30. The Morgan fingerprint density at radius 2 is 1.75 bits per heavy atom. The maximum Gasteiger partial charge on any atom is 0.416 e. The summed E-state index contributed by atoms with van der Waals surface area (Å²) in [7, 11) is 0. The Labute approximate surface area is 209 Å². The molecule has 188 valence electrons. The number of alkyl halides is 3. The molecule has 8 heteroatoms. The first-order valence-electron chi connectivity index (χ1n) is 11.9. The summed E-state index contributed by atoms with van der Waals surface area (Å²) in [5.74, 6) is -0.156. The molecule has 5 nitrogen and oxygen atoms in total. The Balaban J connectivity index is 1.46. The van der Waals surface area contributed by atoms with Crippen molar-refractivity contribution in [1.82, 2.24) is 15.2 Å². The standard InChI is InChI=1S/C28H29F3N4O/c1-20-18-25(12-17-33-20)34-24-9-4-22(5-10-24)19-35(26-13-15-32-16-14-26)27(36)11-6-21-2-7-23(8-3-21)28(29,30)31/h2-12,17-18,26,32H,13-16,19H2,1H3,(H,33,34). The molecule has 36 heavy (non-hydrogen) atoms. The smallest absolute Gasteiger partial charge is 0.355 e. The highest BCUT2D eigenvalue weighted by atomic mass is 19.4. The van der Waals surface area contributed by atoms with Gasteiger partial charge in [0.1, 0.15) is 0 Å². The van der Waals surface area contributed by atoms with Crippen molar-refractivity contribution < 1.29 is 18.0 Å². The third-order valence-corrected chi connectivity index (χ3v) is 6.18. The molecule has 1 saturated heterocycles. The number of benzene rings is 2. The van der Waals surface area contributed by atoms with Crippen molar-refractivity contribution in [2.75, 3.05) is 18.4 Å². The van der Waals surface area contributed by atoms with Crippen LogP contribution in [-0.2, 0) is 17.5 Å². The second-order valence-electron chi connectivity index (χ2n) is 8.91. The van der Waals surface area contributed by atoms with Gasteiger partial charge < -0.3 is 15.5 Å². The van der Waals surface area contributed by atoms with Crippen LogP contribution in [0.4, 0.5) is 24.5 Å². The fourth-order valence-corrected chi connectivity index (χ4v) is 4.23. The van der Waals surface area contributed by atoms with E-state index in [1.807, 2.05) is 48.2 Å². The summed E-state index contributed by atoms with van der Waals surface area (Å²) < 4.78 is 38.4. The van der Waals surface area contributed by atoms with Crippen LogP contribution in [0.15, 0.2) is 72.9 Å². The van der Waals surface area contributed by atoms with Crippen LogP contribution in [0.3, 0.4) is 0 Å². The quantitative estimate of drug-likeness (QED) is 0.399. The maximum atomic E-state index is 13.2. The number of aryl methyl sites for hydroxylation is 1. The van der Waals surface area contributed by atoms with Gasteiger partial charge in [0.15, 0.2) is 0 Å². The first-order chi connectivity index (χ1) is 17.3.